The van der Waals surface area contributed by atoms with E-state index < -0.39 is 5.91 Å². The first-order valence-electron chi connectivity index (χ1n) is 7.11. The van der Waals surface area contributed by atoms with Crippen LogP contribution in [0.3, 0.4) is 0 Å². The van der Waals surface area contributed by atoms with Crippen LogP contribution in [0.25, 0.3) is 0 Å². The lowest BCUT2D eigenvalue weighted by atomic mass is 9.99. The summed E-state index contributed by atoms with van der Waals surface area (Å²) < 4.78 is 16.9. The Morgan fingerprint density at radius 3 is 3.05 bits per heavy atom. The van der Waals surface area contributed by atoms with Crippen molar-refractivity contribution in [3.8, 4) is 5.88 Å². The van der Waals surface area contributed by atoms with Crippen molar-refractivity contribution in [3.05, 3.63) is 23.6 Å². The predicted molar refractivity (Wildman–Crippen MR) is 77.0 cm³/mol. The molecule has 1 N–H and O–H groups in total. The first-order valence-corrected chi connectivity index (χ1v) is 7.11. The maximum absolute atomic E-state index is 12.1. The minimum Gasteiger partial charge on any atom is -0.479 e. The average molecular weight is 306 g/mol. The number of hydrogen-bond donors (Lipinski definition) is 1. The molecule has 1 amide bonds. The van der Waals surface area contributed by atoms with Crippen LogP contribution in [0.1, 0.15) is 35.0 Å². The molecule has 0 aliphatic carbocycles. The van der Waals surface area contributed by atoms with Crippen molar-refractivity contribution in [1.29, 1.82) is 0 Å². The highest BCUT2D eigenvalue weighted by Gasteiger charge is 2.21. The van der Waals surface area contributed by atoms with E-state index in [0.29, 0.717) is 12.4 Å². The van der Waals surface area contributed by atoms with Crippen LogP contribution in [-0.2, 0) is 11.8 Å². The predicted octanol–water partition coefficient (Wildman–Crippen LogP) is 1.56. The molecule has 8 nitrogen and oxygen atoms in total. The minimum atomic E-state index is -0.398. The number of carbonyl (C=O) groups excluding carboxylic acids is 1. The first-order chi connectivity index (χ1) is 10.7. The summed E-state index contributed by atoms with van der Waals surface area (Å²) in [4.78, 5) is 12.1. The lowest BCUT2D eigenvalue weighted by Gasteiger charge is -2.19. The molecule has 118 valence electrons. The van der Waals surface area contributed by atoms with Crippen LogP contribution in [0.2, 0.25) is 0 Å². The Bertz CT molecular complexity index is 658. The van der Waals surface area contributed by atoms with Crippen LogP contribution in [0, 0.1) is 0 Å². The number of aryl methyl sites for hydroxylation is 1. The fourth-order valence-corrected chi connectivity index (χ4v) is 2.42. The Morgan fingerprint density at radius 2 is 2.36 bits per heavy atom. The van der Waals surface area contributed by atoms with Gasteiger partial charge in [-0.25, -0.2) is 0 Å². The molecule has 2 aromatic heterocycles. The van der Waals surface area contributed by atoms with Crippen molar-refractivity contribution >= 4 is 11.7 Å². The molecule has 1 aliphatic rings. The lowest BCUT2D eigenvalue weighted by Crippen LogP contribution is -2.16. The summed E-state index contributed by atoms with van der Waals surface area (Å²) in [5, 5.41) is 10.8. The number of rotatable bonds is 4. The molecule has 3 rings (SSSR count). The van der Waals surface area contributed by atoms with E-state index in [2.05, 4.69) is 15.6 Å². The van der Waals surface area contributed by atoms with Gasteiger partial charge in [0.15, 0.2) is 0 Å². The summed E-state index contributed by atoms with van der Waals surface area (Å²) in [5.41, 5.74) is 0.924. The molecule has 0 radical (unpaired) electrons. The molecule has 0 aromatic carbocycles. The number of aromatic nitrogens is 3. The Balaban J connectivity index is 1.71. The number of methoxy groups -OCH3 is 1. The van der Waals surface area contributed by atoms with Gasteiger partial charge in [0.1, 0.15) is 5.82 Å². The van der Waals surface area contributed by atoms with Crippen LogP contribution in [0.5, 0.6) is 5.88 Å². The third-order valence-corrected chi connectivity index (χ3v) is 3.64. The molecule has 3 heterocycles. The van der Waals surface area contributed by atoms with Gasteiger partial charge in [-0.15, -0.1) is 0 Å². The highest BCUT2D eigenvalue weighted by molar-refractivity contribution is 6.01. The summed E-state index contributed by atoms with van der Waals surface area (Å²) in [6, 6.07) is 3.30. The van der Waals surface area contributed by atoms with E-state index >= 15 is 0 Å². The van der Waals surface area contributed by atoms with Crippen molar-refractivity contribution in [2.24, 2.45) is 7.05 Å². The van der Waals surface area contributed by atoms with Gasteiger partial charge < -0.3 is 19.3 Å². The summed E-state index contributed by atoms with van der Waals surface area (Å²) >= 11 is 0. The van der Waals surface area contributed by atoms with Crippen LogP contribution in [0.4, 0.5) is 5.82 Å². The summed E-state index contributed by atoms with van der Waals surface area (Å²) in [6.45, 7) is 1.48. The molecule has 1 aliphatic heterocycles. The third-order valence-electron chi connectivity index (χ3n) is 3.64. The van der Waals surface area contributed by atoms with Crippen molar-refractivity contribution < 1.29 is 18.8 Å². The van der Waals surface area contributed by atoms with E-state index in [-0.39, 0.29) is 17.6 Å². The van der Waals surface area contributed by atoms with Gasteiger partial charge in [-0.2, -0.15) is 5.10 Å². The number of amides is 1. The quantitative estimate of drug-likeness (QED) is 0.921. The third kappa shape index (κ3) is 2.96. The largest absolute Gasteiger partial charge is 0.479 e. The molecule has 0 bridgehead atoms. The molecule has 2 aromatic rings. The van der Waals surface area contributed by atoms with E-state index in [4.69, 9.17) is 14.0 Å². The second-order valence-corrected chi connectivity index (χ2v) is 5.18. The monoisotopic (exact) mass is 306 g/mol. The first kappa shape index (κ1) is 14.6. The molecule has 1 unspecified atom stereocenters. The zero-order chi connectivity index (χ0) is 15.5. The second kappa shape index (κ2) is 6.18. The van der Waals surface area contributed by atoms with Gasteiger partial charge >= 0.3 is 0 Å². The van der Waals surface area contributed by atoms with Gasteiger partial charge in [-0.1, -0.05) is 0 Å². The Hall–Kier alpha value is -2.35. The van der Waals surface area contributed by atoms with E-state index in [0.717, 1.165) is 25.1 Å². The number of nitrogens with zero attached hydrogens (tertiary/aromatic N) is 3. The Morgan fingerprint density at radius 1 is 1.50 bits per heavy atom. The molecular weight excluding hydrogens is 288 g/mol. The average Bonchev–Trinajstić information content (AvgIpc) is 3.15. The SMILES string of the molecule is COc1cc(C(=O)Nc2cc(C3CCCOC3)nn2C)on1. The van der Waals surface area contributed by atoms with Crippen molar-refractivity contribution in [1.82, 2.24) is 14.9 Å². The van der Waals surface area contributed by atoms with Crippen LogP contribution in [-0.4, -0.2) is 41.2 Å². The van der Waals surface area contributed by atoms with Gasteiger partial charge in [0.2, 0.25) is 5.76 Å². The molecule has 1 fully saturated rings. The summed E-state index contributed by atoms with van der Waals surface area (Å²) in [7, 11) is 3.24. The van der Waals surface area contributed by atoms with Crippen molar-refractivity contribution in [2.45, 2.75) is 18.8 Å². The summed E-state index contributed by atoms with van der Waals surface area (Å²) in [6.07, 6.45) is 2.07. The normalized spacial score (nSPS) is 18.2. The van der Waals surface area contributed by atoms with Crippen molar-refractivity contribution in [3.63, 3.8) is 0 Å². The van der Waals surface area contributed by atoms with Gasteiger partial charge in [0.05, 0.1) is 25.5 Å². The van der Waals surface area contributed by atoms with Crippen LogP contribution >= 0.6 is 0 Å². The number of nitrogens with one attached hydrogen (secondary N) is 1. The maximum Gasteiger partial charge on any atom is 0.295 e. The molecule has 0 spiro atoms. The molecule has 8 heteroatoms. The number of anilines is 1. The fourth-order valence-electron chi connectivity index (χ4n) is 2.42. The molecule has 1 atom stereocenters. The standard InChI is InChI=1S/C14H18N4O4/c1-18-12(6-10(16-18)9-4-3-5-21-8-9)15-14(19)11-7-13(20-2)17-22-11/h6-7,9H,3-5,8H2,1-2H3,(H,15,19). The molecular formula is C14H18N4O4. The number of hydrogen-bond acceptors (Lipinski definition) is 6. The Kier molecular flexibility index (Phi) is 4.10. The Labute approximate surface area is 127 Å². The van der Waals surface area contributed by atoms with Crippen LogP contribution in [0.15, 0.2) is 16.7 Å². The molecule has 1 saturated heterocycles. The zero-order valence-corrected chi connectivity index (χ0v) is 12.5. The van der Waals surface area contributed by atoms with Gasteiger partial charge in [0.25, 0.3) is 11.8 Å². The van der Waals surface area contributed by atoms with E-state index in [9.17, 15) is 4.79 Å². The van der Waals surface area contributed by atoms with Gasteiger partial charge in [-0.3, -0.25) is 9.48 Å². The second-order valence-electron chi connectivity index (χ2n) is 5.18. The van der Waals surface area contributed by atoms with Gasteiger partial charge in [-0.05, 0) is 18.0 Å². The topological polar surface area (TPSA) is 91.4 Å². The minimum absolute atomic E-state index is 0.0839. The van der Waals surface area contributed by atoms with E-state index in [1.165, 1.54) is 13.2 Å². The highest BCUT2D eigenvalue weighted by Crippen LogP contribution is 2.26. The van der Waals surface area contributed by atoms with E-state index in [1.807, 2.05) is 6.07 Å². The number of ether oxygens (including phenoxy) is 2. The van der Waals surface area contributed by atoms with E-state index in [1.54, 1.807) is 11.7 Å². The number of carbonyl (C=O) groups is 1. The molecule has 22 heavy (non-hydrogen) atoms. The highest BCUT2D eigenvalue weighted by atomic mass is 16.5. The van der Waals surface area contributed by atoms with Crippen LogP contribution < -0.4 is 10.1 Å². The smallest absolute Gasteiger partial charge is 0.295 e. The van der Waals surface area contributed by atoms with Gasteiger partial charge in [0, 0.05) is 25.6 Å². The maximum atomic E-state index is 12.1. The fraction of sp³-hybridized carbons (Fsp3) is 0.500. The lowest BCUT2D eigenvalue weighted by molar-refractivity contribution is 0.0791. The molecule has 0 saturated carbocycles. The summed E-state index contributed by atoms with van der Waals surface area (Å²) in [5.74, 6) is 0.818. The van der Waals surface area contributed by atoms with Crippen molar-refractivity contribution in [2.75, 3.05) is 25.6 Å². The zero-order valence-electron chi connectivity index (χ0n) is 12.5.